The number of hydrogen-bond donors (Lipinski definition) is 3. The van der Waals surface area contributed by atoms with Crippen LogP contribution < -0.4 is 11.1 Å². The highest BCUT2D eigenvalue weighted by molar-refractivity contribution is 5.75. The Morgan fingerprint density at radius 1 is 1.47 bits per heavy atom. The third-order valence-corrected chi connectivity index (χ3v) is 3.24. The van der Waals surface area contributed by atoms with Crippen LogP contribution in [-0.2, 0) is 4.74 Å². The summed E-state index contributed by atoms with van der Waals surface area (Å²) >= 11 is 0. The quantitative estimate of drug-likeness (QED) is 0.613. The Bertz CT molecular complexity index is 293. The van der Waals surface area contributed by atoms with Gasteiger partial charge < -0.3 is 21.2 Å². The molecule has 0 aromatic rings. The first-order valence-corrected chi connectivity index (χ1v) is 6.01. The van der Waals surface area contributed by atoms with Crippen LogP contribution in [0.5, 0.6) is 0 Å². The van der Waals surface area contributed by atoms with Gasteiger partial charge in [0.1, 0.15) is 0 Å². The Morgan fingerprint density at radius 3 is 2.59 bits per heavy atom. The molecule has 0 amide bonds. The summed E-state index contributed by atoms with van der Waals surface area (Å²) in [4.78, 5) is 2.41. The van der Waals surface area contributed by atoms with Crippen LogP contribution in [-0.4, -0.2) is 49.5 Å². The fourth-order valence-corrected chi connectivity index (χ4v) is 1.84. The molecule has 1 aliphatic heterocycles. The molecular formula is C12H24N4O. The summed E-state index contributed by atoms with van der Waals surface area (Å²) in [6.07, 6.45) is 1.17. The largest absolute Gasteiger partial charge is 0.396 e. The third kappa shape index (κ3) is 4.02. The van der Waals surface area contributed by atoms with Crippen LogP contribution in [0.2, 0.25) is 0 Å². The van der Waals surface area contributed by atoms with E-state index in [9.17, 15) is 0 Å². The Labute approximate surface area is 104 Å². The van der Waals surface area contributed by atoms with Gasteiger partial charge in [-0.05, 0) is 20.8 Å². The van der Waals surface area contributed by atoms with Crippen molar-refractivity contribution in [3.05, 3.63) is 11.4 Å². The second-order valence-electron chi connectivity index (χ2n) is 4.99. The number of ether oxygens (including phenoxy) is 1. The summed E-state index contributed by atoms with van der Waals surface area (Å²) in [7, 11) is 0. The molecule has 0 aromatic heterocycles. The molecule has 17 heavy (non-hydrogen) atoms. The van der Waals surface area contributed by atoms with E-state index in [1.54, 1.807) is 0 Å². The Kier molecular flexibility index (Phi) is 4.96. The molecule has 5 nitrogen and oxygen atoms in total. The van der Waals surface area contributed by atoms with Crippen molar-refractivity contribution < 1.29 is 4.74 Å². The van der Waals surface area contributed by atoms with Gasteiger partial charge in [0.25, 0.3) is 0 Å². The van der Waals surface area contributed by atoms with Gasteiger partial charge in [0.15, 0.2) is 0 Å². The highest BCUT2D eigenvalue weighted by atomic mass is 16.5. The molecule has 0 radical (unpaired) electrons. The van der Waals surface area contributed by atoms with Crippen LogP contribution in [0.4, 0.5) is 0 Å². The smallest absolute Gasteiger partial charge is 0.0682 e. The van der Waals surface area contributed by atoms with Crippen LogP contribution in [0.25, 0.3) is 0 Å². The number of hydrogen-bond acceptors (Lipinski definition) is 5. The molecule has 1 rings (SSSR count). The molecule has 98 valence electrons. The van der Waals surface area contributed by atoms with Crippen molar-refractivity contribution in [2.75, 3.05) is 32.8 Å². The fraction of sp³-hybridized carbons (Fsp3) is 0.750. The third-order valence-electron chi connectivity index (χ3n) is 3.24. The predicted molar refractivity (Wildman–Crippen MR) is 70.1 cm³/mol. The van der Waals surface area contributed by atoms with Crippen LogP contribution in [0.15, 0.2) is 11.4 Å². The van der Waals surface area contributed by atoms with Gasteiger partial charge in [-0.15, -0.1) is 0 Å². The lowest BCUT2D eigenvalue weighted by Crippen LogP contribution is -2.54. The summed E-state index contributed by atoms with van der Waals surface area (Å²) < 4.78 is 5.35. The molecular weight excluding hydrogens is 216 g/mol. The molecule has 1 fully saturated rings. The number of nitrogens with zero attached hydrogens (tertiary/aromatic N) is 1. The summed E-state index contributed by atoms with van der Waals surface area (Å²) in [5.41, 5.74) is 7.08. The maximum Gasteiger partial charge on any atom is 0.0682 e. The van der Waals surface area contributed by atoms with E-state index >= 15 is 0 Å². The fourth-order valence-electron chi connectivity index (χ4n) is 1.84. The van der Waals surface area contributed by atoms with E-state index in [1.165, 1.54) is 6.21 Å². The van der Waals surface area contributed by atoms with Crippen molar-refractivity contribution in [2.24, 2.45) is 5.73 Å². The van der Waals surface area contributed by atoms with Crippen molar-refractivity contribution in [1.82, 2.24) is 10.2 Å². The van der Waals surface area contributed by atoms with Crippen molar-refractivity contribution in [3.8, 4) is 0 Å². The zero-order valence-corrected chi connectivity index (χ0v) is 11.0. The number of morpholine rings is 1. The molecule has 1 heterocycles. The molecule has 0 spiro atoms. The zero-order valence-electron chi connectivity index (χ0n) is 11.0. The van der Waals surface area contributed by atoms with Crippen molar-refractivity contribution >= 4 is 6.21 Å². The first-order chi connectivity index (χ1) is 7.97. The maximum atomic E-state index is 7.09. The SMILES string of the molecule is C/C(NCC(C)(C)N1CCOCC1)=C(\N)C=N. The van der Waals surface area contributed by atoms with E-state index in [0.29, 0.717) is 5.70 Å². The molecule has 1 saturated heterocycles. The van der Waals surface area contributed by atoms with Crippen LogP contribution in [0.1, 0.15) is 20.8 Å². The first-order valence-electron chi connectivity index (χ1n) is 6.01. The number of allylic oxidation sites excluding steroid dienone is 2. The normalized spacial score (nSPS) is 19.7. The molecule has 0 aromatic carbocycles. The van der Waals surface area contributed by atoms with Gasteiger partial charge in [0.2, 0.25) is 0 Å². The molecule has 1 aliphatic rings. The lowest BCUT2D eigenvalue weighted by molar-refractivity contribution is -0.00889. The minimum absolute atomic E-state index is 0.0628. The van der Waals surface area contributed by atoms with E-state index in [1.807, 2.05) is 6.92 Å². The van der Waals surface area contributed by atoms with Gasteiger partial charge in [-0.25, -0.2) is 0 Å². The highest BCUT2D eigenvalue weighted by Gasteiger charge is 2.27. The predicted octanol–water partition coefficient (Wildman–Crippen LogP) is 0.527. The topological polar surface area (TPSA) is 74.4 Å². The van der Waals surface area contributed by atoms with Crippen LogP contribution in [0.3, 0.4) is 0 Å². The number of rotatable bonds is 5. The van der Waals surface area contributed by atoms with Crippen LogP contribution >= 0.6 is 0 Å². The Hall–Kier alpha value is -1.07. The van der Waals surface area contributed by atoms with E-state index in [0.717, 1.165) is 38.5 Å². The van der Waals surface area contributed by atoms with Gasteiger partial charge in [-0.3, -0.25) is 4.90 Å². The van der Waals surface area contributed by atoms with Crippen LogP contribution in [0, 0.1) is 5.41 Å². The number of nitrogens with one attached hydrogen (secondary N) is 2. The zero-order chi connectivity index (χ0) is 12.9. The second-order valence-corrected chi connectivity index (χ2v) is 4.99. The highest BCUT2D eigenvalue weighted by Crippen LogP contribution is 2.15. The molecule has 0 aliphatic carbocycles. The standard InChI is InChI=1S/C12H24N4O/c1-10(11(14)8-13)15-9-12(2,3)16-4-6-17-7-5-16/h8,13,15H,4-7,9,14H2,1-3H3/b11-10+,13-8?. The molecule has 0 saturated carbocycles. The van der Waals surface area contributed by atoms with Gasteiger partial charge in [-0.2, -0.15) is 0 Å². The van der Waals surface area contributed by atoms with Crippen molar-refractivity contribution in [2.45, 2.75) is 26.3 Å². The van der Waals surface area contributed by atoms with Gasteiger partial charge >= 0.3 is 0 Å². The lowest BCUT2D eigenvalue weighted by atomic mass is 10.0. The summed E-state index contributed by atoms with van der Waals surface area (Å²) in [6.45, 7) is 10.7. The molecule has 0 bridgehead atoms. The minimum Gasteiger partial charge on any atom is -0.396 e. The van der Waals surface area contributed by atoms with E-state index < -0.39 is 0 Å². The van der Waals surface area contributed by atoms with E-state index in [-0.39, 0.29) is 5.54 Å². The number of nitrogens with two attached hydrogens (primary N) is 1. The van der Waals surface area contributed by atoms with E-state index in [4.69, 9.17) is 15.9 Å². The second kappa shape index (κ2) is 6.02. The van der Waals surface area contributed by atoms with Gasteiger partial charge in [-0.1, -0.05) is 0 Å². The lowest BCUT2D eigenvalue weighted by Gasteiger charge is -2.41. The minimum atomic E-state index is 0.0628. The molecule has 4 N–H and O–H groups in total. The van der Waals surface area contributed by atoms with Gasteiger partial charge in [0, 0.05) is 37.1 Å². The Morgan fingerprint density at radius 2 is 2.06 bits per heavy atom. The van der Waals surface area contributed by atoms with Crippen molar-refractivity contribution in [3.63, 3.8) is 0 Å². The first kappa shape index (κ1) is 14.0. The monoisotopic (exact) mass is 240 g/mol. The Balaban J connectivity index is 2.51. The van der Waals surface area contributed by atoms with Gasteiger partial charge in [0.05, 0.1) is 18.9 Å². The molecule has 0 unspecified atom stereocenters. The average molecular weight is 240 g/mol. The summed E-state index contributed by atoms with van der Waals surface area (Å²) in [5, 5.41) is 10.4. The molecule has 5 heteroatoms. The van der Waals surface area contributed by atoms with E-state index in [2.05, 4.69) is 24.1 Å². The summed E-state index contributed by atoms with van der Waals surface area (Å²) in [5.74, 6) is 0. The summed E-state index contributed by atoms with van der Waals surface area (Å²) in [6, 6.07) is 0. The maximum absolute atomic E-state index is 7.09. The average Bonchev–Trinajstić information content (AvgIpc) is 2.36. The van der Waals surface area contributed by atoms with Crippen molar-refractivity contribution in [1.29, 1.82) is 5.41 Å². The molecule has 0 atom stereocenters.